The first-order chi connectivity index (χ1) is 42.7. The molecule has 5 N–H and O–H groups in total. The Morgan fingerprint density at radius 2 is 1.05 bits per heavy atom. The molecule has 87 heavy (non-hydrogen) atoms. The molecule has 0 aliphatic carbocycles. The number of H-pyrrole nitrogens is 3. The summed E-state index contributed by atoms with van der Waals surface area (Å²) in [7, 11) is 10.3. The lowest BCUT2D eigenvalue weighted by molar-refractivity contribution is 0.0827. The van der Waals surface area contributed by atoms with E-state index < -0.39 is 0 Å². The molecular weight excluding hydrogens is 1140 g/mol. The van der Waals surface area contributed by atoms with Gasteiger partial charge in [0.1, 0.15) is 70.8 Å². The Hall–Kier alpha value is -11.3. The smallest absolute Gasteiger partial charge is 0.253 e. The van der Waals surface area contributed by atoms with E-state index in [1.54, 1.807) is 77.5 Å². The summed E-state index contributed by atoms with van der Waals surface area (Å²) in [6.07, 6.45) is 7.72. The van der Waals surface area contributed by atoms with E-state index in [-0.39, 0.29) is 5.91 Å². The lowest BCUT2D eigenvalue weighted by Crippen LogP contribution is -2.21. The number of thiophene rings is 2. The number of carbonyl (C=O) groups is 1. The highest BCUT2D eigenvalue weighted by molar-refractivity contribution is 7.09. The molecule has 0 aliphatic rings. The Morgan fingerprint density at radius 1 is 0.506 bits per heavy atom. The number of nitrogens with zero attached hydrogens (tertiary/aromatic N) is 11. The molecule has 5 aromatic carbocycles. The van der Waals surface area contributed by atoms with Crippen molar-refractivity contribution in [1.82, 2.24) is 65.4 Å². The average molecular weight is 1190 g/mol. The van der Waals surface area contributed by atoms with Crippen LogP contribution in [0.15, 0.2) is 167 Å². The normalized spacial score (nSPS) is 11.4. The van der Waals surface area contributed by atoms with Gasteiger partial charge in [0, 0.05) is 76.4 Å². The van der Waals surface area contributed by atoms with Crippen LogP contribution in [0.4, 0.5) is 34.5 Å². The second-order valence-corrected chi connectivity index (χ2v) is 21.8. The van der Waals surface area contributed by atoms with Crippen LogP contribution in [0.2, 0.25) is 0 Å². The topological polar surface area (TPSA) is 252 Å². The summed E-state index contributed by atoms with van der Waals surface area (Å²) >= 11 is 3.07. The van der Waals surface area contributed by atoms with Crippen molar-refractivity contribution in [2.75, 3.05) is 58.0 Å². The fourth-order valence-electron chi connectivity index (χ4n) is 11.0. The van der Waals surface area contributed by atoms with Crippen molar-refractivity contribution in [3.8, 4) is 95.5 Å². The molecule has 9 aromatic heterocycles. The van der Waals surface area contributed by atoms with Crippen LogP contribution in [0.3, 0.4) is 0 Å². The minimum absolute atomic E-state index is 0.160. The van der Waals surface area contributed by atoms with E-state index in [0.717, 1.165) is 61.2 Å². The summed E-state index contributed by atoms with van der Waals surface area (Å²) in [5.74, 6) is 3.03. The molecule has 0 saturated carbocycles. The molecule has 1 amide bonds. The van der Waals surface area contributed by atoms with Crippen molar-refractivity contribution >= 4 is 96.2 Å². The van der Waals surface area contributed by atoms with Crippen molar-refractivity contribution in [1.29, 1.82) is 0 Å². The van der Waals surface area contributed by atoms with Crippen LogP contribution in [0, 0.1) is 0 Å². The quantitative estimate of drug-likeness (QED) is 0.0568. The van der Waals surface area contributed by atoms with E-state index in [9.17, 15) is 4.79 Å². The Kier molecular flexibility index (Phi) is 13.8. The lowest BCUT2D eigenvalue weighted by atomic mass is 9.94. The van der Waals surface area contributed by atoms with Crippen LogP contribution in [-0.2, 0) is 0 Å². The number of furan rings is 1. The molecule has 0 aliphatic heterocycles. The maximum absolute atomic E-state index is 13.1. The number of fused-ring (bicyclic) bond motifs is 3. The van der Waals surface area contributed by atoms with Crippen molar-refractivity contribution < 1.29 is 23.4 Å². The van der Waals surface area contributed by atoms with Crippen LogP contribution in [0.5, 0.6) is 17.2 Å². The molecule has 0 unspecified atom stereocenters. The number of hydrogen-bond acceptors (Lipinski definition) is 19. The number of methoxy groups -OCH3 is 3. The van der Waals surface area contributed by atoms with E-state index in [0.29, 0.717) is 108 Å². The number of amides is 1. The third-order valence-electron chi connectivity index (χ3n) is 15.1. The Balaban J connectivity index is 0.893. The van der Waals surface area contributed by atoms with Crippen molar-refractivity contribution in [3.05, 3.63) is 168 Å². The molecule has 0 atom stereocenters. The van der Waals surface area contributed by atoms with Gasteiger partial charge in [-0.1, -0.05) is 60.7 Å². The number of anilines is 6. The monoisotopic (exact) mass is 1190 g/mol. The molecule has 14 aromatic rings. The number of aromatic nitrogens is 12. The van der Waals surface area contributed by atoms with Crippen molar-refractivity contribution in [3.63, 3.8) is 0 Å². The maximum atomic E-state index is 13.1. The summed E-state index contributed by atoms with van der Waals surface area (Å²) in [6, 6.07) is 35.9. The van der Waals surface area contributed by atoms with Gasteiger partial charge in [0.05, 0.1) is 67.1 Å². The van der Waals surface area contributed by atoms with Gasteiger partial charge in [-0.05, 0) is 81.5 Å². The third-order valence-corrected chi connectivity index (χ3v) is 16.6. The SMILES string of the molecule is COc1ccc(C(=O)N(C)C)cc1Nc1ncnc2[nH]nc(-c3cscc3-c3cc(-c4ccccc4)cc(N(C)c4ncnc5[nH]nc(-c6cscc6-c6cc(-c7ccccc7)cc(Nc7ncnc8[nH]nc(-c9ccoc9)c78)c6OC)c45)c3OC)c12. The summed E-state index contributed by atoms with van der Waals surface area (Å²) in [4.78, 5) is 45.0. The molecule has 0 fully saturated rings. The molecule has 0 bridgehead atoms. The van der Waals surface area contributed by atoms with Crippen LogP contribution in [0.25, 0.3) is 111 Å². The van der Waals surface area contributed by atoms with Crippen molar-refractivity contribution in [2.45, 2.75) is 0 Å². The second kappa shape index (κ2) is 22.4. The number of aromatic amines is 3. The van der Waals surface area contributed by atoms with Gasteiger partial charge in [0.15, 0.2) is 16.9 Å². The van der Waals surface area contributed by atoms with Crippen LogP contribution < -0.4 is 29.7 Å². The van der Waals surface area contributed by atoms with Gasteiger partial charge in [0.25, 0.3) is 5.91 Å². The lowest BCUT2D eigenvalue weighted by Gasteiger charge is -2.25. The molecule has 14 rings (SSSR count). The number of ether oxygens (including phenoxy) is 3. The maximum Gasteiger partial charge on any atom is 0.253 e. The third kappa shape index (κ3) is 9.51. The van der Waals surface area contributed by atoms with Crippen molar-refractivity contribution in [2.24, 2.45) is 0 Å². The van der Waals surface area contributed by atoms with Crippen LogP contribution in [0.1, 0.15) is 10.4 Å². The minimum Gasteiger partial charge on any atom is -0.495 e. The number of nitrogens with one attached hydrogen (secondary N) is 5. The molecular formula is C64H50N16O5S2. The highest BCUT2D eigenvalue weighted by atomic mass is 32.1. The molecule has 428 valence electrons. The number of hydrogen-bond donors (Lipinski definition) is 5. The molecule has 0 saturated heterocycles. The molecule has 21 nitrogen and oxygen atoms in total. The predicted molar refractivity (Wildman–Crippen MR) is 340 cm³/mol. The first-order valence-electron chi connectivity index (χ1n) is 27.1. The molecule has 0 spiro atoms. The molecule has 23 heteroatoms. The van der Waals surface area contributed by atoms with Gasteiger partial charge in [-0.2, -0.15) is 38.0 Å². The van der Waals surface area contributed by atoms with Gasteiger partial charge in [0.2, 0.25) is 0 Å². The summed E-state index contributed by atoms with van der Waals surface area (Å²) in [5, 5.41) is 41.3. The van der Waals surface area contributed by atoms with Gasteiger partial charge in [-0.25, -0.2) is 29.9 Å². The van der Waals surface area contributed by atoms with Crippen LogP contribution >= 0.6 is 22.7 Å². The number of carbonyl (C=O) groups excluding carboxylic acids is 1. The first kappa shape index (κ1) is 53.7. The number of benzene rings is 5. The molecule has 9 heterocycles. The van der Waals surface area contributed by atoms with Gasteiger partial charge >= 0.3 is 0 Å². The standard InChI is InChI=1S/C64H50N16O5S2/c1-79(2)64(81)36-17-18-49(82-4)46(23-36)71-59-51-54(74-77-61(51)68-32-66-59)44-29-87-28-43(44)41-22-39(35-15-11-8-12-16-35)25-48(57(41)84-6)80(3)63-52-55(75-78-62(52)69-33-70-63)45-30-86-27-42(45)40-21-38(34-13-9-7-10-14-34)24-47(56(40)83-5)72-58-50-53(37-19-20-85-26-37)73-76-60(50)67-31-65-58/h7-33H,1-6H3,(H,69,70,75,78)(H2,65,67,72,73,76)(H2,66,68,71,74,77). The number of rotatable bonds is 17. The Labute approximate surface area is 503 Å². The van der Waals surface area contributed by atoms with Gasteiger partial charge in [-0.15, -0.1) is 0 Å². The fourth-order valence-corrected chi connectivity index (χ4v) is 12.6. The average Bonchev–Trinajstić information content (AvgIpc) is 4.36. The van der Waals surface area contributed by atoms with E-state index in [1.807, 2.05) is 54.4 Å². The fraction of sp³-hybridized carbons (Fsp3) is 0.0938. The van der Waals surface area contributed by atoms with E-state index >= 15 is 0 Å². The summed E-state index contributed by atoms with van der Waals surface area (Å²) < 4.78 is 24.2. The summed E-state index contributed by atoms with van der Waals surface area (Å²) in [5.41, 5.74) is 15.3. The predicted octanol–water partition coefficient (Wildman–Crippen LogP) is 14.1. The molecule has 0 radical (unpaired) electrons. The summed E-state index contributed by atoms with van der Waals surface area (Å²) in [6.45, 7) is 0. The Bertz CT molecular complexity index is 4880. The van der Waals surface area contributed by atoms with Crippen LogP contribution in [-0.4, -0.2) is 114 Å². The van der Waals surface area contributed by atoms with E-state index in [2.05, 4.69) is 111 Å². The van der Waals surface area contributed by atoms with E-state index in [4.69, 9.17) is 48.8 Å². The van der Waals surface area contributed by atoms with E-state index in [1.165, 1.54) is 35.2 Å². The largest absolute Gasteiger partial charge is 0.495 e. The van der Waals surface area contributed by atoms with Gasteiger partial charge < -0.3 is 39.1 Å². The Morgan fingerprint density at radius 3 is 1.63 bits per heavy atom. The second-order valence-electron chi connectivity index (χ2n) is 20.3. The highest BCUT2D eigenvalue weighted by Crippen LogP contribution is 2.52. The first-order valence-corrected chi connectivity index (χ1v) is 29.0. The minimum atomic E-state index is -0.160. The zero-order valence-electron chi connectivity index (χ0n) is 47.4. The van der Waals surface area contributed by atoms with Gasteiger partial charge in [-0.3, -0.25) is 20.1 Å². The zero-order chi connectivity index (χ0) is 59.3. The highest BCUT2D eigenvalue weighted by Gasteiger charge is 2.29. The zero-order valence-corrected chi connectivity index (χ0v) is 49.0.